The van der Waals surface area contributed by atoms with Crippen molar-refractivity contribution in [3.8, 4) is 0 Å². The predicted octanol–water partition coefficient (Wildman–Crippen LogP) is 1.28. The number of guanidine groups is 1. The molecule has 2 fully saturated rings. The van der Waals surface area contributed by atoms with E-state index in [9.17, 15) is 9.59 Å². The molecule has 1 aliphatic heterocycles. The zero-order chi connectivity index (χ0) is 20.2. The maximum Gasteiger partial charge on any atom is 0.407 e. The molecule has 0 aromatic heterocycles. The first-order valence-electron chi connectivity index (χ1n) is 9.83. The van der Waals surface area contributed by atoms with E-state index in [0.717, 1.165) is 38.4 Å². The second-order valence-corrected chi connectivity index (χ2v) is 8.62. The summed E-state index contributed by atoms with van der Waals surface area (Å²) in [7, 11) is 3.47. The molecule has 1 heterocycles. The summed E-state index contributed by atoms with van der Waals surface area (Å²) in [6.07, 6.45) is 1.72. The number of nitrogens with one attached hydrogen (secondary N) is 2. The molecule has 2 N–H and O–H groups in total. The Morgan fingerprint density at radius 3 is 2.52 bits per heavy atom. The molecule has 0 bridgehead atoms. The van der Waals surface area contributed by atoms with E-state index in [2.05, 4.69) is 20.5 Å². The zero-order valence-corrected chi connectivity index (χ0v) is 17.5. The van der Waals surface area contributed by atoms with Crippen molar-refractivity contribution < 1.29 is 14.3 Å². The highest BCUT2D eigenvalue weighted by Gasteiger charge is 2.44. The van der Waals surface area contributed by atoms with Crippen molar-refractivity contribution in [3.63, 3.8) is 0 Å². The van der Waals surface area contributed by atoms with E-state index in [1.165, 1.54) is 0 Å². The third-order valence-electron chi connectivity index (χ3n) is 5.06. The molecular formula is C19H35N5O3. The van der Waals surface area contributed by atoms with E-state index in [-0.39, 0.29) is 24.6 Å². The quantitative estimate of drug-likeness (QED) is 0.566. The lowest BCUT2D eigenvalue weighted by Crippen LogP contribution is -2.44. The monoisotopic (exact) mass is 381 g/mol. The number of likely N-dealkylation sites (N-methyl/N-ethyl adjacent to an activating group) is 1. The van der Waals surface area contributed by atoms with E-state index < -0.39 is 5.60 Å². The first-order chi connectivity index (χ1) is 12.6. The van der Waals surface area contributed by atoms with Crippen LogP contribution >= 0.6 is 0 Å². The largest absolute Gasteiger partial charge is 0.444 e. The van der Waals surface area contributed by atoms with Crippen LogP contribution < -0.4 is 10.6 Å². The summed E-state index contributed by atoms with van der Waals surface area (Å²) in [5.74, 6) is 1.66. The Labute approximate surface area is 162 Å². The Bertz CT molecular complexity index is 570. The van der Waals surface area contributed by atoms with Crippen LogP contribution in [0, 0.1) is 11.8 Å². The van der Waals surface area contributed by atoms with Gasteiger partial charge in [0.2, 0.25) is 5.91 Å². The van der Waals surface area contributed by atoms with Gasteiger partial charge in [-0.25, -0.2) is 9.79 Å². The Hall–Kier alpha value is -1.99. The SMILES string of the molecule is CCNC(=NCC(=O)N(C)C)N1CC2CCC(NC(=O)OC(C)(C)C)C2C1. The van der Waals surface area contributed by atoms with Crippen molar-refractivity contribution in [1.82, 2.24) is 20.4 Å². The molecular weight excluding hydrogens is 346 g/mol. The van der Waals surface area contributed by atoms with E-state index in [1.54, 1.807) is 19.0 Å². The summed E-state index contributed by atoms with van der Waals surface area (Å²) in [6.45, 7) is 10.3. The van der Waals surface area contributed by atoms with Gasteiger partial charge >= 0.3 is 6.09 Å². The van der Waals surface area contributed by atoms with Gasteiger partial charge in [0.15, 0.2) is 5.96 Å². The summed E-state index contributed by atoms with van der Waals surface area (Å²) in [4.78, 5) is 32.3. The van der Waals surface area contributed by atoms with Crippen molar-refractivity contribution in [3.05, 3.63) is 0 Å². The molecule has 1 aliphatic carbocycles. The van der Waals surface area contributed by atoms with Crippen LogP contribution in [0.1, 0.15) is 40.5 Å². The fraction of sp³-hybridized carbons (Fsp3) is 0.842. The second kappa shape index (κ2) is 8.80. The molecule has 154 valence electrons. The van der Waals surface area contributed by atoms with Crippen molar-refractivity contribution in [2.75, 3.05) is 40.3 Å². The van der Waals surface area contributed by atoms with Crippen molar-refractivity contribution in [2.24, 2.45) is 16.8 Å². The van der Waals surface area contributed by atoms with E-state index in [1.807, 2.05) is 27.7 Å². The van der Waals surface area contributed by atoms with E-state index >= 15 is 0 Å². The highest BCUT2D eigenvalue weighted by atomic mass is 16.6. The molecule has 0 radical (unpaired) electrons. The molecule has 0 spiro atoms. The minimum atomic E-state index is -0.492. The fourth-order valence-corrected chi connectivity index (χ4v) is 3.79. The molecule has 0 aromatic carbocycles. The van der Waals surface area contributed by atoms with Crippen LogP contribution in [0.4, 0.5) is 4.79 Å². The molecule has 27 heavy (non-hydrogen) atoms. The first kappa shape index (κ1) is 21.3. The Kier molecular flexibility index (Phi) is 6.95. The van der Waals surface area contributed by atoms with Gasteiger partial charge in [0, 0.05) is 45.7 Å². The molecule has 8 nitrogen and oxygen atoms in total. The number of aliphatic imine (C=N–C) groups is 1. The van der Waals surface area contributed by atoms with Crippen molar-refractivity contribution in [1.29, 1.82) is 0 Å². The average molecular weight is 382 g/mol. The molecule has 0 aromatic rings. The highest BCUT2D eigenvalue weighted by molar-refractivity contribution is 5.85. The van der Waals surface area contributed by atoms with Gasteiger partial charge in [-0.15, -0.1) is 0 Å². The van der Waals surface area contributed by atoms with Crippen molar-refractivity contribution in [2.45, 2.75) is 52.2 Å². The Balaban J connectivity index is 1.97. The smallest absolute Gasteiger partial charge is 0.407 e. The number of likely N-dealkylation sites (tertiary alicyclic amines) is 1. The maximum atomic E-state index is 12.1. The van der Waals surface area contributed by atoms with Crippen molar-refractivity contribution >= 4 is 18.0 Å². The Morgan fingerprint density at radius 1 is 1.22 bits per heavy atom. The number of ether oxygens (including phenoxy) is 1. The molecule has 2 amide bonds. The molecule has 8 heteroatoms. The predicted molar refractivity (Wildman–Crippen MR) is 106 cm³/mol. The van der Waals surface area contributed by atoms with Gasteiger partial charge in [-0.1, -0.05) is 0 Å². The molecule has 1 saturated carbocycles. The number of carbonyl (C=O) groups is 2. The zero-order valence-electron chi connectivity index (χ0n) is 17.5. The van der Waals surface area contributed by atoms with Crippen LogP contribution in [0.2, 0.25) is 0 Å². The van der Waals surface area contributed by atoms with Gasteiger partial charge in [-0.2, -0.15) is 0 Å². The second-order valence-electron chi connectivity index (χ2n) is 8.62. The summed E-state index contributed by atoms with van der Waals surface area (Å²) in [5, 5.41) is 6.34. The first-order valence-corrected chi connectivity index (χ1v) is 9.83. The normalized spacial score (nSPS) is 25.2. The summed E-state index contributed by atoms with van der Waals surface area (Å²) >= 11 is 0. The van der Waals surface area contributed by atoms with Gasteiger partial charge < -0.3 is 25.2 Å². The third-order valence-corrected chi connectivity index (χ3v) is 5.06. The van der Waals surface area contributed by atoms with Crippen LogP contribution in [0.25, 0.3) is 0 Å². The third kappa shape index (κ3) is 6.01. The summed E-state index contributed by atoms with van der Waals surface area (Å²) in [5.41, 5.74) is -0.492. The Morgan fingerprint density at radius 2 is 1.93 bits per heavy atom. The molecule has 2 aliphatic rings. The van der Waals surface area contributed by atoms with E-state index in [0.29, 0.717) is 11.8 Å². The van der Waals surface area contributed by atoms with Gasteiger partial charge in [0.1, 0.15) is 12.1 Å². The number of carbonyl (C=O) groups excluding carboxylic acids is 2. The van der Waals surface area contributed by atoms with Crippen LogP contribution in [0.15, 0.2) is 4.99 Å². The number of alkyl carbamates (subject to hydrolysis) is 1. The summed E-state index contributed by atoms with van der Waals surface area (Å²) in [6, 6.07) is 0.126. The fourth-order valence-electron chi connectivity index (χ4n) is 3.79. The average Bonchev–Trinajstić information content (AvgIpc) is 3.11. The minimum Gasteiger partial charge on any atom is -0.444 e. The maximum absolute atomic E-state index is 12.1. The lowest BCUT2D eigenvalue weighted by molar-refractivity contribution is -0.127. The number of fused-ring (bicyclic) bond motifs is 1. The van der Waals surface area contributed by atoms with Crippen LogP contribution in [-0.4, -0.2) is 79.7 Å². The number of hydrogen-bond donors (Lipinski definition) is 2. The van der Waals surface area contributed by atoms with E-state index in [4.69, 9.17) is 4.74 Å². The number of amides is 2. The summed E-state index contributed by atoms with van der Waals surface area (Å²) < 4.78 is 5.41. The lowest BCUT2D eigenvalue weighted by Gasteiger charge is -2.26. The molecule has 3 atom stereocenters. The van der Waals surface area contributed by atoms with Gasteiger partial charge in [-0.05, 0) is 46.5 Å². The highest BCUT2D eigenvalue weighted by Crippen LogP contribution is 2.38. The molecule has 1 saturated heterocycles. The number of rotatable bonds is 4. The molecule has 2 rings (SSSR count). The minimum absolute atomic E-state index is 0.0192. The lowest BCUT2D eigenvalue weighted by atomic mass is 9.98. The van der Waals surface area contributed by atoms with Crippen LogP contribution in [-0.2, 0) is 9.53 Å². The van der Waals surface area contributed by atoms with Gasteiger partial charge in [-0.3, -0.25) is 4.79 Å². The number of hydrogen-bond acceptors (Lipinski definition) is 4. The van der Waals surface area contributed by atoms with Gasteiger partial charge in [0.05, 0.1) is 0 Å². The standard InChI is InChI=1S/C19H35N5O3/c1-7-20-17(21-10-16(25)23(5)6)24-11-13-8-9-15(14(13)12-24)22-18(26)27-19(2,3)4/h13-15H,7-12H2,1-6H3,(H,20,21)(H,22,26). The number of nitrogens with zero attached hydrogens (tertiary/aromatic N) is 3. The van der Waals surface area contributed by atoms with Gasteiger partial charge in [0.25, 0.3) is 0 Å². The van der Waals surface area contributed by atoms with Crippen LogP contribution in [0.5, 0.6) is 0 Å². The topological polar surface area (TPSA) is 86.3 Å². The molecule has 3 unspecified atom stereocenters. The van der Waals surface area contributed by atoms with Crippen LogP contribution in [0.3, 0.4) is 0 Å².